The van der Waals surface area contributed by atoms with E-state index in [1.807, 2.05) is 12.1 Å². The third-order valence-electron chi connectivity index (χ3n) is 9.61. The van der Waals surface area contributed by atoms with E-state index in [1.54, 1.807) is 0 Å². The summed E-state index contributed by atoms with van der Waals surface area (Å²) in [5.74, 6) is 0.0549. The van der Waals surface area contributed by atoms with Gasteiger partial charge < -0.3 is 4.42 Å². The van der Waals surface area contributed by atoms with E-state index in [0.717, 1.165) is 21.9 Å². The second-order valence-electron chi connectivity index (χ2n) is 12.5. The first-order chi connectivity index (χ1) is 23.8. The average Bonchev–Trinajstić information content (AvgIpc) is 3.54. The van der Waals surface area contributed by atoms with Crippen molar-refractivity contribution in [2.45, 2.75) is 5.92 Å². The van der Waals surface area contributed by atoms with E-state index in [1.165, 1.54) is 60.8 Å². The lowest BCUT2D eigenvalue weighted by molar-refractivity contribution is 0.669. The molecule has 0 N–H and O–H groups in total. The molecule has 226 valence electrons. The first kappa shape index (κ1) is 28.1. The van der Waals surface area contributed by atoms with Crippen molar-refractivity contribution in [1.82, 2.24) is 0 Å². The standard InChI is InChI=1S/C47H32O/c1-2-11-32(12-3-1)36-15-8-16-37(29-36)33-23-25-35(26-24-33)47(43-21-10-14-34-13-4-5-19-41(34)43)40-18-9-17-38(30-40)39-27-28-46-44(31-39)42-20-6-7-22-45(42)48-46/h1-31,47H. The van der Waals surface area contributed by atoms with Crippen LogP contribution >= 0.6 is 0 Å². The number of fused-ring (bicyclic) bond motifs is 4. The summed E-state index contributed by atoms with van der Waals surface area (Å²) in [6.07, 6.45) is 0. The molecule has 0 amide bonds. The highest BCUT2D eigenvalue weighted by molar-refractivity contribution is 6.06. The molecule has 0 aliphatic carbocycles. The largest absolute Gasteiger partial charge is 0.456 e. The molecule has 9 aromatic rings. The molecule has 0 aliphatic rings. The van der Waals surface area contributed by atoms with E-state index in [0.29, 0.717) is 0 Å². The maximum Gasteiger partial charge on any atom is 0.135 e. The number of hydrogen-bond donors (Lipinski definition) is 0. The number of para-hydroxylation sites is 1. The lowest BCUT2D eigenvalue weighted by atomic mass is 9.81. The quantitative estimate of drug-likeness (QED) is 0.170. The summed E-state index contributed by atoms with van der Waals surface area (Å²) >= 11 is 0. The van der Waals surface area contributed by atoms with Crippen LogP contribution in [0.2, 0.25) is 0 Å². The lowest BCUT2D eigenvalue weighted by Crippen LogP contribution is -2.04. The Kier molecular flexibility index (Phi) is 6.95. The first-order valence-corrected chi connectivity index (χ1v) is 16.5. The molecule has 1 atom stereocenters. The Hall–Kier alpha value is -6.18. The highest BCUT2D eigenvalue weighted by atomic mass is 16.3. The molecule has 1 aromatic heterocycles. The molecule has 0 bridgehead atoms. The van der Waals surface area contributed by atoms with Gasteiger partial charge in [-0.2, -0.15) is 0 Å². The van der Waals surface area contributed by atoms with Crippen LogP contribution in [-0.4, -0.2) is 0 Å². The van der Waals surface area contributed by atoms with Gasteiger partial charge >= 0.3 is 0 Å². The molecular formula is C47H32O. The normalized spacial score (nSPS) is 12.1. The summed E-state index contributed by atoms with van der Waals surface area (Å²) in [7, 11) is 0. The summed E-state index contributed by atoms with van der Waals surface area (Å²) < 4.78 is 6.13. The van der Waals surface area contributed by atoms with Gasteiger partial charge in [0.05, 0.1) is 0 Å². The van der Waals surface area contributed by atoms with Crippen molar-refractivity contribution in [3.8, 4) is 33.4 Å². The van der Waals surface area contributed by atoms with Crippen LogP contribution in [0.15, 0.2) is 192 Å². The van der Waals surface area contributed by atoms with Crippen molar-refractivity contribution in [2.75, 3.05) is 0 Å². The van der Waals surface area contributed by atoms with Gasteiger partial charge in [-0.25, -0.2) is 0 Å². The average molecular weight is 613 g/mol. The van der Waals surface area contributed by atoms with Crippen molar-refractivity contribution in [2.24, 2.45) is 0 Å². The fourth-order valence-electron chi connectivity index (χ4n) is 7.23. The molecule has 0 fully saturated rings. The smallest absolute Gasteiger partial charge is 0.135 e. The summed E-state index contributed by atoms with van der Waals surface area (Å²) in [4.78, 5) is 0. The third-order valence-corrected chi connectivity index (χ3v) is 9.61. The SMILES string of the molecule is c1ccc(-c2cccc(-c3ccc(C(c4cccc(-c5ccc6oc7ccccc7c6c5)c4)c4cccc5ccccc45)cc3)c2)cc1. The Morgan fingerprint density at radius 2 is 0.875 bits per heavy atom. The second-order valence-corrected chi connectivity index (χ2v) is 12.5. The topological polar surface area (TPSA) is 13.1 Å². The van der Waals surface area contributed by atoms with Gasteiger partial charge in [-0.05, 0) is 85.1 Å². The number of hydrogen-bond acceptors (Lipinski definition) is 1. The van der Waals surface area contributed by atoms with Crippen LogP contribution in [0.3, 0.4) is 0 Å². The van der Waals surface area contributed by atoms with Gasteiger partial charge in [0.2, 0.25) is 0 Å². The van der Waals surface area contributed by atoms with Crippen molar-refractivity contribution in [3.05, 3.63) is 205 Å². The van der Waals surface area contributed by atoms with Crippen molar-refractivity contribution < 1.29 is 4.42 Å². The van der Waals surface area contributed by atoms with Crippen LogP contribution in [0.5, 0.6) is 0 Å². The molecule has 0 aliphatic heterocycles. The summed E-state index contributed by atoms with van der Waals surface area (Å²) in [5.41, 5.74) is 12.9. The van der Waals surface area contributed by atoms with Crippen molar-refractivity contribution >= 4 is 32.7 Å². The zero-order valence-corrected chi connectivity index (χ0v) is 26.4. The van der Waals surface area contributed by atoms with Crippen molar-refractivity contribution in [1.29, 1.82) is 0 Å². The lowest BCUT2D eigenvalue weighted by Gasteiger charge is -2.22. The Balaban J connectivity index is 1.15. The zero-order chi connectivity index (χ0) is 31.9. The third kappa shape index (κ3) is 5.07. The van der Waals surface area contributed by atoms with Crippen LogP contribution in [0.4, 0.5) is 0 Å². The van der Waals surface area contributed by atoms with Crippen LogP contribution < -0.4 is 0 Å². The summed E-state index contributed by atoms with van der Waals surface area (Å²) in [5, 5.41) is 4.82. The molecule has 1 heterocycles. The van der Waals surface area contributed by atoms with E-state index >= 15 is 0 Å². The first-order valence-electron chi connectivity index (χ1n) is 16.5. The highest BCUT2D eigenvalue weighted by Crippen LogP contribution is 2.39. The monoisotopic (exact) mass is 612 g/mol. The molecule has 9 rings (SSSR count). The number of furan rings is 1. The van der Waals surface area contributed by atoms with Gasteiger partial charge in [-0.15, -0.1) is 0 Å². The van der Waals surface area contributed by atoms with E-state index in [-0.39, 0.29) is 5.92 Å². The fraction of sp³-hybridized carbons (Fsp3) is 0.0213. The maximum absolute atomic E-state index is 6.13. The molecule has 0 saturated heterocycles. The fourth-order valence-corrected chi connectivity index (χ4v) is 7.23. The molecule has 0 saturated carbocycles. The highest BCUT2D eigenvalue weighted by Gasteiger charge is 2.20. The Morgan fingerprint density at radius 3 is 1.71 bits per heavy atom. The summed E-state index contributed by atoms with van der Waals surface area (Å²) in [6.45, 7) is 0. The minimum Gasteiger partial charge on any atom is -0.456 e. The molecular weight excluding hydrogens is 581 g/mol. The second kappa shape index (κ2) is 11.9. The Labute approximate surface area is 280 Å². The molecule has 0 radical (unpaired) electrons. The molecule has 8 aromatic carbocycles. The van der Waals surface area contributed by atoms with Crippen LogP contribution in [0.25, 0.3) is 66.1 Å². The molecule has 1 heteroatoms. The van der Waals surface area contributed by atoms with Gasteiger partial charge in [0.1, 0.15) is 11.2 Å². The van der Waals surface area contributed by atoms with E-state index in [2.05, 4.69) is 176 Å². The molecule has 1 nitrogen and oxygen atoms in total. The molecule has 48 heavy (non-hydrogen) atoms. The van der Waals surface area contributed by atoms with E-state index in [9.17, 15) is 0 Å². The summed E-state index contributed by atoms with van der Waals surface area (Å²) in [6, 6.07) is 67.9. The molecule has 0 spiro atoms. The van der Waals surface area contributed by atoms with Crippen molar-refractivity contribution in [3.63, 3.8) is 0 Å². The van der Waals surface area contributed by atoms with Gasteiger partial charge in [-0.1, -0.05) is 164 Å². The van der Waals surface area contributed by atoms with Gasteiger partial charge in [0, 0.05) is 16.7 Å². The minimum absolute atomic E-state index is 0.0549. The molecule has 1 unspecified atom stereocenters. The van der Waals surface area contributed by atoms with Gasteiger partial charge in [0.25, 0.3) is 0 Å². The predicted molar refractivity (Wildman–Crippen MR) is 201 cm³/mol. The van der Waals surface area contributed by atoms with E-state index in [4.69, 9.17) is 4.42 Å². The predicted octanol–water partition coefficient (Wildman–Crippen LogP) is 12.9. The van der Waals surface area contributed by atoms with Crippen LogP contribution in [0.1, 0.15) is 22.6 Å². The van der Waals surface area contributed by atoms with Gasteiger partial charge in [-0.3, -0.25) is 0 Å². The van der Waals surface area contributed by atoms with Crippen LogP contribution in [-0.2, 0) is 0 Å². The minimum atomic E-state index is 0.0549. The zero-order valence-electron chi connectivity index (χ0n) is 26.4. The maximum atomic E-state index is 6.13. The van der Waals surface area contributed by atoms with E-state index < -0.39 is 0 Å². The Bertz CT molecular complexity index is 2550. The number of benzene rings is 8. The van der Waals surface area contributed by atoms with Crippen LogP contribution in [0, 0.1) is 0 Å². The Morgan fingerprint density at radius 1 is 0.312 bits per heavy atom. The number of rotatable bonds is 6. The van der Waals surface area contributed by atoms with Gasteiger partial charge in [0.15, 0.2) is 0 Å².